The molecule has 0 radical (unpaired) electrons. The van der Waals surface area contributed by atoms with Crippen LogP contribution in [0.4, 0.5) is 10.8 Å². The maximum atomic E-state index is 13.0. The van der Waals surface area contributed by atoms with Gasteiger partial charge >= 0.3 is 0 Å². The number of carbonyl (C=O) groups excluding carboxylic acids is 1. The Bertz CT molecular complexity index is 1350. The van der Waals surface area contributed by atoms with Crippen LogP contribution in [-0.2, 0) is 10.0 Å². The molecule has 1 amide bonds. The number of hydrogen-bond acceptors (Lipinski definition) is 6. The number of nitrogens with zero attached hydrogens (tertiary/aromatic N) is 3. The van der Waals surface area contributed by atoms with E-state index in [1.165, 1.54) is 30.5 Å². The molecule has 1 aromatic heterocycles. The molecule has 0 aliphatic heterocycles. The number of rotatable bonds is 6. The molecule has 4 rings (SSSR count). The van der Waals surface area contributed by atoms with E-state index in [9.17, 15) is 13.2 Å². The fraction of sp³-hybridized carbons (Fsp3) is 0.0870. The fourth-order valence-corrected chi connectivity index (χ4v) is 5.05. The van der Waals surface area contributed by atoms with Crippen molar-refractivity contribution in [1.82, 2.24) is 10.2 Å². The molecule has 0 aliphatic carbocycles. The lowest BCUT2D eigenvalue weighted by atomic mass is 10.1. The third-order valence-electron chi connectivity index (χ3n) is 4.83. The molecule has 0 saturated heterocycles. The monoisotopic (exact) mass is 464 g/mol. The number of hydrogen-bond donors (Lipinski definition) is 1. The Hall–Kier alpha value is -3.56. The summed E-state index contributed by atoms with van der Waals surface area (Å²) in [5, 5.41) is 11.9. The number of carbonyl (C=O) groups is 1. The van der Waals surface area contributed by atoms with E-state index in [1.807, 2.05) is 31.2 Å². The van der Waals surface area contributed by atoms with Gasteiger partial charge in [-0.2, -0.15) is 0 Å². The van der Waals surface area contributed by atoms with Gasteiger partial charge in [0.2, 0.25) is 5.13 Å². The molecule has 0 atom stereocenters. The first kappa shape index (κ1) is 21.7. The average Bonchev–Trinajstić information content (AvgIpc) is 3.28. The zero-order chi connectivity index (χ0) is 22.7. The Morgan fingerprint density at radius 2 is 1.56 bits per heavy atom. The summed E-state index contributed by atoms with van der Waals surface area (Å²) >= 11 is 1.25. The van der Waals surface area contributed by atoms with Crippen molar-refractivity contribution in [3.8, 4) is 10.6 Å². The summed E-state index contributed by atoms with van der Waals surface area (Å²) in [6.07, 6.45) is 0. The summed E-state index contributed by atoms with van der Waals surface area (Å²) in [5.74, 6) is -0.470. The van der Waals surface area contributed by atoms with E-state index < -0.39 is 15.9 Å². The number of anilines is 2. The minimum absolute atomic E-state index is 0.143. The van der Waals surface area contributed by atoms with Crippen LogP contribution < -0.4 is 9.62 Å². The van der Waals surface area contributed by atoms with Gasteiger partial charge in [0, 0.05) is 12.6 Å². The smallest absolute Gasteiger partial charge is 0.264 e. The van der Waals surface area contributed by atoms with E-state index in [4.69, 9.17) is 0 Å². The molecule has 0 saturated carbocycles. The zero-order valence-corrected chi connectivity index (χ0v) is 19.0. The van der Waals surface area contributed by atoms with Gasteiger partial charge in [-0.3, -0.25) is 14.4 Å². The van der Waals surface area contributed by atoms with Crippen molar-refractivity contribution in [2.24, 2.45) is 0 Å². The highest BCUT2D eigenvalue weighted by Gasteiger charge is 2.25. The lowest BCUT2D eigenvalue weighted by Crippen LogP contribution is -2.29. The van der Waals surface area contributed by atoms with Gasteiger partial charge in [-0.15, -0.1) is 10.2 Å². The predicted octanol–water partition coefficient (Wildman–Crippen LogP) is 4.59. The van der Waals surface area contributed by atoms with Gasteiger partial charge in [-0.25, -0.2) is 8.42 Å². The molecule has 0 bridgehead atoms. The molecule has 0 fully saturated rings. The molecule has 0 spiro atoms. The van der Waals surface area contributed by atoms with Gasteiger partial charge in [-0.1, -0.05) is 71.5 Å². The number of benzene rings is 3. The Labute approximate surface area is 190 Å². The third kappa shape index (κ3) is 4.39. The first-order valence-electron chi connectivity index (χ1n) is 9.71. The molecular weight excluding hydrogens is 444 g/mol. The lowest BCUT2D eigenvalue weighted by Gasteiger charge is -2.21. The largest absolute Gasteiger partial charge is 0.296 e. The molecule has 0 aliphatic rings. The van der Waals surface area contributed by atoms with Crippen molar-refractivity contribution >= 4 is 38.1 Å². The molecule has 3 aromatic carbocycles. The number of aromatic nitrogens is 2. The van der Waals surface area contributed by atoms with Crippen LogP contribution in [0, 0.1) is 6.92 Å². The molecule has 4 aromatic rings. The minimum Gasteiger partial charge on any atom is -0.296 e. The highest BCUT2D eigenvalue weighted by Crippen LogP contribution is 2.29. The average molecular weight is 465 g/mol. The lowest BCUT2D eigenvalue weighted by molar-refractivity contribution is 0.102. The molecular formula is C23H20N4O3S2. The van der Waals surface area contributed by atoms with Crippen LogP contribution in [-0.4, -0.2) is 31.6 Å². The standard InChI is InChI=1S/C23H20N4O3S2/c1-16-12-14-17(15-13-16)22-25-26-23(31-22)24-21(28)19-10-6-7-11-20(19)27(2)32(29,30)18-8-4-3-5-9-18/h3-15H,1-2H3,(H,24,26,28). The number of para-hydroxylation sites is 1. The van der Waals surface area contributed by atoms with Crippen molar-refractivity contribution in [3.05, 3.63) is 90.0 Å². The zero-order valence-electron chi connectivity index (χ0n) is 17.4. The van der Waals surface area contributed by atoms with Gasteiger partial charge in [0.1, 0.15) is 5.01 Å². The van der Waals surface area contributed by atoms with E-state index >= 15 is 0 Å². The second-order valence-corrected chi connectivity index (χ2v) is 9.98. The van der Waals surface area contributed by atoms with Crippen LogP contribution in [0.5, 0.6) is 0 Å². The SMILES string of the molecule is Cc1ccc(-c2nnc(NC(=O)c3ccccc3N(C)S(=O)(=O)c3ccccc3)s2)cc1. The van der Waals surface area contributed by atoms with Gasteiger partial charge in [0.25, 0.3) is 15.9 Å². The van der Waals surface area contributed by atoms with E-state index in [0.29, 0.717) is 10.1 Å². The minimum atomic E-state index is -3.83. The van der Waals surface area contributed by atoms with Gasteiger partial charge in [0.15, 0.2) is 0 Å². The topological polar surface area (TPSA) is 92.3 Å². The van der Waals surface area contributed by atoms with Gasteiger partial charge < -0.3 is 0 Å². The first-order chi connectivity index (χ1) is 15.4. The predicted molar refractivity (Wildman–Crippen MR) is 127 cm³/mol. The first-order valence-corrected chi connectivity index (χ1v) is 12.0. The molecule has 162 valence electrons. The van der Waals surface area contributed by atoms with E-state index in [2.05, 4.69) is 15.5 Å². The highest BCUT2D eigenvalue weighted by atomic mass is 32.2. The third-order valence-corrected chi connectivity index (χ3v) is 7.51. The van der Waals surface area contributed by atoms with Gasteiger partial charge in [0.05, 0.1) is 16.1 Å². The number of nitrogens with one attached hydrogen (secondary N) is 1. The molecule has 7 nitrogen and oxygen atoms in total. The van der Waals surface area contributed by atoms with Crippen molar-refractivity contribution in [2.45, 2.75) is 11.8 Å². The Morgan fingerprint density at radius 1 is 0.906 bits per heavy atom. The van der Waals surface area contributed by atoms with E-state index in [-0.39, 0.29) is 16.1 Å². The van der Waals surface area contributed by atoms with Crippen molar-refractivity contribution in [2.75, 3.05) is 16.7 Å². The van der Waals surface area contributed by atoms with E-state index in [0.717, 1.165) is 15.4 Å². The molecule has 1 heterocycles. The second-order valence-electron chi connectivity index (χ2n) is 7.04. The van der Waals surface area contributed by atoms with Crippen molar-refractivity contribution in [1.29, 1.82) is 0 Å². The van der Waals surface area contributed by atoms with Crippen LogP contribution in [0.1, 0.15) is 15.9 Å². The molecule has 9 heteroatoms. The second kappa shape index (κ2) is 8.89. The Morgan fingerprint density at radius 3 is 2.28 bits per heavy atom. The summed E-state index contributed by atoms with van der Waals surface area (Å²) in [5.41, 5.74) is 2.51. The number of aryl methyl sites for hydroxylation is 1. The van der Waals surface area contributed by atoms with Crippen LogP contribution in [0.25, 0.3) is 10.6 Å². The van der Waals surface area contributed by atoms with Gasteiger partial charge in [-0.05, 0) is 31.2 Å². The van der Waals surface area contributed by atoms with Crippen LogP contribution in [0.2, 0.25) is 0 Å². The van der Waals surface area contributed by atoms with Crippen LogP contribution >= 0.6 is 11.3 Å². The van der Waals surface area contributed by atoms with Crippen molar-refractivity contribution < 1.29 is 13.2 Å². The maximum absolute atomic E-state index is 13.0. The molecule has 1 N–H and O–H groups in total. The number of amides is 1. The van der Waals surface area contributed by atoms with E-state index in [1.54, 1.807) is 42.5 Å². The summed E-state index contributed by atoms with van der Waals surface area (Å²) in [6, 6.07) is 22.5. The summed E-state index contributed by atoms with van der Waals surface area (Å²) in [4.78, 5) is 13.1. The maximum Gasteiger partial charge on any atom is 0.264 e. The quantitative estimate of drug-likeness (QED) is 0.451. The van der Waals surface area contributed by atoms with Crippen LogP contribution in [0.3, 0.4) is 0 Å². The highest BCUT2D eigenvalue weighted by molar-refractivity contribution is 7.92. The summed E-state index contributed by atoms with van der Waals surface area (Å²) in [6.45, 7) is 2.00. The molecule has 0 unspecified atom stereocenters. The normalized spacial score (nSPS) is 11.2. The number of sulfonamides is 1. The fourth-order valence-electron chi connectivity index (χ4n) is 3.07. The Balaban J connectivity index is 1.59. The van der Waals surface area contributed by atoms with Crippen molar-refractivity contribution in [3.63, 3.8) is 0 Å². The Kier molecular flexibility index (Phi) is 6.02. The summed E-state index contributed by atoms with van der Waals surface area (Å²) < 4.78 is 27.2. The molecule has 32 heavy (non-hydrogen) atoms. The summed E-state index contributed by atoms with van der Waals surface area (Å²) in [7, 11) is -2.40. The van der Waals surface area contributed by atoms with Crippen LogP contribution in [0.15, 0.2) is 83.8 Å².